The number of likely N-dealkylation sites (tertiary alicyclic amines) is 1. The zero-order valence-electron chi connectivity index (χ0n) is 21.2. The summed E-state index contributed by atoms with van der Waals surface area (Å²) in [6, 6.07) is 13.2. The SMILES string of the molecule is O=C([C@@H]1C[NH2+]C[C@]12COCc1c(OCC(F)(F)F)cccc12)N1CC[C@@H](c2ccccc2)C[C@H]1CC(F)(F)F. The Kier molecular flexibility index (Phi) is 7.58. The maximum absolute atomic E-state index is 14.1. The summed E-state index contributed by atoms with van der Waals surface area (Å²) in [4.78, 5) is 15.5. The molecular formula is C28H31F6N2O3+. The summed E-state index contributed by atoms with van der Waals surface area (Å²) in [7, 11) is 0. The largest absolute Gasteiger partial charge is 0.484 e. The maximum atomic E-state index is 14.1. The Morgan fingerprint density at radius 1 is 1.05 bits per heavy atom. The lowest BCUT2D eigenvalue weighted by Crippen LogP contribution is -2.82. The highest BCUT2D eigenvalue weighted by molar-refractivity contribution is 5.82. The average Bonchev–Trinajstić information content (AvgIpc) is 3.30. The summed E-state index contributed by atoms with van der Waals surface area (Å²) in [5.41, 5.74) is 1.22. The predicted octanol–water partition coefficient (Wildman–Crippen LogP) is 4.32. The van der Waals surface area contributed by atoms with Gasteiger partial charge >= 0.3 is 12.4 Å². The van der Waals surface area contributed by atoms with Crippen molar-refractivity contribution in [2.75, 3.05) is 32.8 Å². The summed E-state index contributed by atoms with van der Waals surface area (Å²) in [6.45, 7) is -0.282. The number of nitrogens with zero attached hydrogens (tertiary/aromatic N) is 1. The first kappa shape index (κ1) is 27.8. The van der Waals surface area contributed by atoms with Crippen molar-refractivity contribution >= 4 is 5.91 Å². The molecule has 0 aliphatic carbocycles. The van der Waals surface area contributed by atoms with E-state index >= 15 is 0 Å². The Labute approximate surface area is 222 Å². The van der Waals surface area contributed by atoms with Gasteiger partial charge in [0.15, 0.2) is 6.61 Å². The van der Waals surface area contributed by atoms with Crippen LogP contribution in [0.2, 0.25) is 0 Å². The van der Waals surface area contributed by atoms with Crippen molar-refractivity contribution in [3.8, 4) is 5.75 Å². The minimum Gasteiger partial charge on any atom is -0.484 e. The fourth-order valence-electron chi connectivity index (χ4n) is 6.59. The molecule has 0 saturated carbocycles. The van der Waals surface area contributed by atoms with Crippen LogP contribution in [-0.4, -0.2) is 62.0 Å². The first-order chi connectivity index (χ1) is 18.5. The lowest BCUT2D eigenvalue weighted by atomic mass is 9.69. The van der Waals surface area contributed by atoms with Crippen LogP contribution in [-0.2, 0) is 21.6 Å². The highest BCUT2D eigenvalue weighted by atomic mass is 19.4. The molecular weight excluding hydrogens is 526 g/mol. The second-order valence-corrected chi connectivity index (χ2v) is 10.8. The van der Waals surface area contributed by atoms with Gasteiger partial charge in [0.1, 0.15) is 11.7 Å². The smallest absolute Gasteiger partial charge is 0.422 e. The van der Waals surface area contributed by atoms with E-state index in [1.54, 1.807) is 12.1 Å². The molecule has 4 atom stereocenters. The first-order valence-electron chi connectivity index (χ1n) is 13.1. The number of piperidine rings is 1. The molecule has 3 aliphatic rings. The van der Waals surface area contributed by atoms with E-state index in [0.717, 1.165) is 5.56 Å². The molecule has 39 heavy (non-hydrogen) atoms. The number of quaternary nitrogens is 1. The van der Waals surface area contributed by atoms with Crippen LogP contribution in [0.5, 0.6) is 5.75 Å². The van der Waals surface area contributed by atoms with Crippen molar-refractivity contribution in [3.05, 3.63) is 65.2 Å². The average molecular weight is 558 g/mol. The molecule has 2 N–H and O–H groups in total. The molecule has 212 valence electrons. The van der Waals surface area contributed by atoms with Crippen molar-refractivity contribution in [2.24, 2.45) is 5.92 Å². The van der Waals surface area contributed by atoms with Crippen molar-refractivity contribution < 1.29 is 45.9 Å². The minimum absolute atomic E-state index is 0.0329. The third-order valence-electron chi connectivity index (χ3n) is 8.28. The highest BCUT2D eigenvalue weighted by Crippen LogP contribution is 2.45. The van der Waals surface area contributed by atoms with Crippen molar-refractivity contribution in [3.63, 3.8) is 0 Å². The Morgan fingerprint density at radius 3 is 2.54 bits per heavy atom. The van der Waals surface area contributed by atoms with E-state index in [0.29, 0.717) is 30.6 Å². The van der Waals surface area contributed by atoms with Gasteiger partial charge in [-0.05, 0) is 36.0 Å². The molecule has 2 fully saturated rings. The summed E-state index contributed by atoms with van der Waals surface area (Å²) in [5, 5.41) is 1.93. The molecule has 5 rings (SSSR count). The van der Waals surface area contributed by atoms with Crippen LogP contribution in [0.4, 0.5) is 26.3 Å². The van der Waals surface area contributed by atoms with E-state index in [-0.39, 0.29) is 43.8 Å². The number of carbonyl (C=O) groups is 1. The van der Waals surface area contributed by atoms with Crippen LogP contribution in [0.3, 0.4) is 0 Å². The van der Waals surface area contributed by atoms with Crippen molar-refractivity contribution in [1.29, 1.82) is 0 Å². The zero-order chi connectivity index (χ0) is 27.8. The van der Waals surface area contributed by atoms with Crippen LogP contribution < -0.4 is 10.1 Å². The van der Waals surface area contributed by atoms with Crippen LogP contribution >= 0.6 is 0 Å². The summed E-state index contributed by atoms with van der Waals surface area (Å²) in [5.74, 6) is -1.08. The second kappa shape index (κ2) is 10.6. The van der Waals surface area contributed by atoms with Crippen LogP contribution in [0.25, 0.3) is 0 Å². The lowest BCUT2D eigenvalue weighted by molar-refractivity contribution is -0.640. The number of ether oxygens (including phenoxy) is 2. The molecule has 11 heteroatoms. The molecule has 0 aromatic heterocycles. The summed E-state index contributed by atoms with van der Waals surface area (Å²) in [6.07, 6.45) is -9.28. The standard InChI is InChI=1S/C28H30F6N2O3/c29-27(30,31)12-20-11-19(18-5-2-1-3-6-18)9-10-36(20)25(37)23-13-35-15-26(23)16-38-14-21-22(26)7-4-8-24(21)39-17-28(32,33)34/h1-8,19-20,23,35H,9-17H2/p+1/t19-,20+,23+,26-/m1/s1. The maximum Gasteiger partial charge on any atom is 0.422 e. The molecule has 3 heterocycles. The number of carbonyl (C=O) groups excluding carboxylic acids is 1. The third-order valence-corrected chi connectivity index (χ3v) is 8.28. The van der Waals surface area contributed by atoms with Gasteiger partial charge in [-0.1, -0.05) is 42.5 Å². The molecule has 2 aromatic rings. The van der Waals surface area contributed by atoms with Crippen LogP contribution in [0.1, 0.15) is 41.9 Å². The summed E-state index contributed by atoms with van der Waals surface area (Å²) >= 11 is 0. The van der Waals surface area contributed by atoms with Crippen LogP contribution in [0.15, 0.2) is 48.5 Å². The zero-order valence-corrected chi connectivity index (χ0v) is 21.2. The fraction of sp³-hybridized carbons (Fsp3) is 0.536. The quantitative estimate of drug-likeness (QED) is 0.558. The Hall–Kier alpha value is -2.79. The molecule has 1 amide bonds. The highest BCUT2D eigenvalue weighted by Gasteiger charge is 2.56. The van der Waals surface area contributed by atoms with E-state index in [1.807, 2.05) is 35.6 Å². The number of amides is 1. The van der Waals surface area contributed by atoms with Crippen LogP contribution in [0, 0.1) is 5.92 Å². The van der Waals surface area contributed by atoms with E-state index in [9.17, 15) is 31.1 Å². The number of fused-ring (bicyclic) bond motifs is 2. The minimum atomic E-state index is -4.52. The van der Waals surface area contributed by atoms with Gasteiger partial charge in [-0.3, -0.25) is 4.79 Å². The predicted molar refractivity (Wildman–Crippen MR) is 129 cm³/mol. The van der Waals surface area contributed by atoms with Gasteiger partial charge in [0, 0.05) is 18.2 Å². The Balaban J connectivity index is 1.43. The number of rotatable bonds is 5. The fourth-order valence-corrected chi connectivity index (χ4v) is 6.59. The molecule has 0 radical (unpaired) electrons. The third kappa shape index (κ3) is 5.89. The van der Waals surface area contributed by atoms with E-state index in [2.05, 4.69) is 0 Å². The normalized spacial score (nSPS) is 27.4. The molecule has 2 aromatic carbocycles. The monoisotopic (exact) mass is 557 g/mol. The number of hydrogen-bond acceptors (Lipinski definition) is 3. The molecule has 0 unspecified atom stereocenters. The van der Waals surface area contributed by atoms with Gasteiger partial charge in [-0.2, -0.15) is 26.3 Å². The molecule has 3 aliphatic heterocycles. The number of benzene rings is 2. The first-order valence-corrected chi connectivity index (χ1v) is 13.1. The van der Waals surface area contributed by atoms with Gasteiger partial charge < -0.3 is 19.7 Å². The van der Waals surface area contributed by atoms with Gasteiger partial charge in [0.05, 0.1) is 38.1 Å². The van der Waals surface area contributed by atoms with Gasteiger partial charge in [-0.15, -0.1) is 0 Å². The molecule has 5 nitrogen and oxygen atoms in total. The lowest BCUT2D eigenvalue weighted by Gasteiger charge is -2.44. The number of halogens is 6. The number of hydrogen-bond donors (Lipinski definition) is 1. The summed E-state index contributed by atoms with van der Waals surface area (Å²) < 4.78 is 90.4. The Bertz CT molecular complexity index is 1170. The van der Waals surface area contributed by atoms with E-state index in [4.69, 9.17) is 9.47 Å². The molecule has 2 saturated heterocycles. The van der Waals surface area contributed by atoms with E-state index in [1.165, 1.54) is 11.0 Å². The van der Waals surface area contributed by atoms with E-state index < -0.39 is 42.8 Å². The molecule has 0 bridgehead atoms. The van der Waals surface area contributed by atoms with Gasteiger partial charge in [0.25, 0.3) is 0 Å². The van der Waals surface area contributed by atoms with Crippen molar-refractivity contribution in [1.82, 2.24) is 4.90 Å². The number of alkyl halides is 6. The molecule has 1 spiro atoms. The number of nitrogens with two attached hydrogens (primary N) is 1. The Morgan fingerprint density at radius 2 is 1.82 bits per heavy atom. The topological polar surface area (TPSA) is 55.4 Å². The van der Waals surface area contributed by atoms with Gasteiger partial charge in [0.2, 0.25) is 5.91 Å². The van der Waals surface area contributed by atoms with Gasteiger partial charge in [-0.25, -0.2) is 0 Å². The second-order valence-electron chi connectivity index (χ2n) is 10.8. The van der Waals surface area contributed by atoms with Crippen molar-refractivity contribution in [2.45, 2.75) is 55.6 Å².